The molecule has 4 aromatic rings. The zero-order chi connectivity index (χ0) is 43.5. The van der Waals surface area contributed by atoms with Gasteiger partial charge in [-0.3, -0.25) is 0 Å². The zero-order valence-corrected chi connectivity index (χ0v) is 35.2. The number of carbonyl (C=O) groups excluding carboxylic acids is 1. The van der Waals surface area contributed by atoms with Gasteiger partial charge >= 0.3 is 11.5 Å². The van der Waals surface area contributed by atoms with E-state index in [1.54, 1.807) is 62.9 Å². The number of carbonyl (C=O) groups is 1. The molecule has 14 nitrogen and oxygen atoms in total. The highest BCUT2D eigenvalue weighted by atomic mass is 32.2. The third-order valence-corrected chi connectivity index (χ3v) is 8.82. The minimum absolute atomic E-state index is 0.0240. The quantitative estimate of drug-likeness (QED) is 0.0243. The molecule has 3 aromatic carbocycles. The number of benzene rings is 3. The monoisotopic (exact) mass is 856 g/mol. The van der Waals surface area contributed by atoms with Crippen molar-refractivity contribution in [2.75, 3.05) is 78.1 Å². The number of hydrogen-bond donors (Lipinski definition) is 4. The van der Waals surface area contributed by atoms with E-state index in [0.29, 0.717) is 84.6 Å². The molecule has 0 bridgehead atoms. The Morgan fingerprint density at radius 3 is 2.25 bits per heavy atom. The van der Waals surface area contributed by atoms with Crippen LogP contribution in [0.25, 0.3) is 10.8 Å². The molecule has 0 saturated heterocycles. The van der Waals surface area contributed by atoms with Gasteiger partial charge in [0.1, 0.15) is 29.6 Å². The summed E-state index contributed by atoms with van der Waals surface area (Å²) in [6.07, 6.45) is 4.62. The number of rotatable bonds is 23. The Hall–Kier alpha value is -5.69. The maximum atomic E-state index is 13.2. The van der Waals surface area contributed by atoms with Crippen molar-refractivity contribution in [1.82, 2.24) is 20.0 Å². The van der Waals surface area contributed by atoms with Crippen LogP contribution in [-0.4, -0.2) is 89.0 Å². The predicted molar refractivity (Wildman–Crippen MR) is 227 cm³/mol. The van der Waals surface area contributed by atoms with E-state index < -0.39 is 28.9 Å². The predicted octanol–water partition coefficient (Wildman–Crippen LogP) is 9.13. The van der Waals surface area contributed by atoms with Gasteiger partial charge in [-0.2, -0.15) is 18.2 Å². The van der Waals surface area contributed by atoms with Crippen LogP contribution in [0.15, 0.2) is 103 Å². The average Bonchev–Trinajstić information content (AvgIpc) is 3.21. The third kappa shape index (κ3) is 15.5. The molecule has 0 spiro atoms. The highest BCUT2D eigenvalue weighted by Gasteiger charge is 2.30. The number of amides is 2. The van der Waals surface area contributed by atoms with Crippen LogP contribution in [0.3, 0.4) is 0 Å². The molecule has 18 heteroatoms. The van der Waals surface area contributed by atoms with Gasteiger partial charge in [0.25, 0.3) is 0 Å². The number of urea groups is 1. The number of alkyl halides is 3. The molecule has 0 fully saturated rings. The first-order chi connectivity index (χ1) is 28.7. The van der Waals surface area contributed by atoms with E-state index in [4.69, 9.17) is 33.2 Å². The van der Waals surface area contributed by atoms with E-state index in [1.807, 2.05) is 45.0 Å². The first kappa shape index (κ1) is 47.0. The summed E-state index contributed by atoms with van der Waals surface area (Å²) in [7, 11) is 4.48. The molecule has 1 heterocycles. The fourth-order valence-corrected chi connectivity index (χ4v) is 5.72. The van der Waals surface area contributed by atoms with Crippen LogP contribution in [0.4, 0.5) is 35.3 Å². The largest absolute Gasteiger partial charge is 0.497 e. The minimum Gasteiger partial charge on any atom is -0.497 e. The fraction of sp³-hybridized carbons (Fsp3) is 0.357. The summed E-state index contributed by atoms with van der Waals surface area (Å²) >= 11 is -0.439. The smallest absolute Gasteiger partial charge is 0.461 e. The summed E-state index contributed by atoms with van der Waals surface area (Å²) in [5, 5.41) is 9.96. The molecule has 60 heavy (non-hydrogen) atoms. The first-order valence-corrected chi connectivity index (χ1v) is 19.5. The SMILES string of the molecule is C=C/C(=C\C(NSC(F)(F)F)=C(/CNC(=O)Nc1ccc(Oc2ccnc(Nc3cc(OC)cc(OCCOCCOCCOC)c3)n2)c2ccccc12)OC)C(C)(C)C. The van der Waals surface area contributed by atoms with Crippen molar-refractivity contribution in [2.24, 2.45) is 5.41 Å². The molecular formula is C42H51F3N6O8S. The van der Waals surface area contributed by atoms with Gasteiger partial charge in [0, 0.05) is 54.0 Å². The molecule has 0 saturated carbocycles. The maximum absolute atomic E-state index is 13.2. The van der Waals surface area contributed by atoms with E-state index in [0.717, 1.165) is 0 Å². The summed E-state index contributed by atoms with van der Waals surface area (Å²) in [5.74, 6) is 2.11. The van der Waals surface area contributed by atoms with Crippen molar-refractivity contribution in [1.29, 1.82) is 0 Å². The van der Waals surface area contributed by atoms with Crippen molar-refractivity contribution in [2.45, 2.75) is 26.3 Å². The van der Waals surface area contributed by atoms with Gasteiger partial charge in [-0.15, -0.1) is 0 Å². The summed E-state index contributed by atoms with van der Waals surface area (Å²) in [6, 6.07) is 16.9. The number of nitrogens with one attached hydrogen (secondary N) is 4. The highest BCUT2D eigenvalue weighted by molar-refractivity contribution is 7.98. The van der Waals surface area contributed by atoms with Gasteiger partial charge in [0.2, 0.25) is 11.8 Å². The number of ether oxygens (including phenoxy) is 7. The molecular weight excluding hydrogens is 806 g/mol. The average molecular weight is 857 g/mol. The normalized spacial score (nSPS) is 12.3. The van der Waals surface area contributed by atoms with E-state index in [2.05, 4.69) is 37.2 Å². The molecule has 0 aliphatic carbocycles. The zero-order valence-electron chi connectivity index (χ0n) is 34.4. The molecule has 324 valence electrons. The second kappa shape index (κ2) is 23.2. The lowest BCUT2D eigenvalue weighted by Gasteiger charge is -2.22. The van der Waals surface area contributed by atoms with Crippen LogP contribution in [0.5, 0.6) is 23.1 Å². The van der Waals surface area contributed by atoms with Crippen LogP contribution in [0.1, 0.15) is 20.8 Å². The minimum atomic E-state index is -4.57. The Bertz CT molecular complexity index is 2090. The Balaban J connectivity index is 1.44. The van der Waals surface area contributed by atoms with Crippen LogP contribution >= 0.6 is 11.9 Å². The summed E-state index contributed by atoms with van der Waals surface area (Å²) in [6.45, 7) is 11.9. The number of methoxy groups -OCH3 is 3. The standard InChI is InChI=1S/C42H51F3N6O8S/c1-8-28(41(2,3)4)23-35(51-60-42(43,44)45)37(55-7)27-47-40(52)49-34-13-14-36(33-12-10-9-11-32(33)34)59-38-15-16-46-39(50-38)48-29-24-30(54-6)26-31(25-29)58-22-21-57-20-19-56-18-17-53-5/h8-16,23-26,51H,1,17-22,27H2,2-7H3,(H,46,48,50)(H2,47,49,52)/b28-23+,37-35-. The van der Waals surface area contributed by atoms with Crippen molar-refractivity contribution in [3.05, 3.63) is 103 Å². The van der Waals surface area contributed by atoms with Crippen LogP contribution in [0, 0.1) is 5.41 Å². The van der Waals surface area contributed by atoms with Crippen molar-refractivity contribution >= 4 is 46.1 Å². The van der Waals surface area contributed by atoms with Gasteiger partial charge in [-0.1, -0.05) is 57.7 Å². The second-order valence-electron chi connectivity index (χ2n) is 13.6. The summed E-state index contributed by atoms with van der Waals surface area (Å²) in [5.41, 5.74) is -3.27. The van der Waals surface area contributed by atoms with Gasteiger partial charge in [-0.25, -0.2) is 9.78 Å². The Morgan fingerprint density at radius 2 is 1.58 bits per heavy atom. The van der Waals surface area contributed by atoms with Crippen LogP contribution < -0.4 is 34.9 Å². The molecule has 0 unspecified atom stereocenters. The molecule has 0 atom stereocenters. The van der Waals surface area contributed by atoms with Crippen molar-refractivity contribution < 1.29 is 51.1 Å². The number of hydrogen-bond acceptors (Lipinski definition) is 13. The lowest BCUT2D eigenvalue weighted by molar-refractivity contribution is -0.0334. The van der Waals surface area contributed by atoms with Gasteiger partial charge in [-0.05, 0) is 29.2 Å². The van der Waals surface area contributed by atoms with Crippen LogP contribution in [-0.2, 0) is 18.9 Å². The number of nitrogens with zero attached hydrogens (tertiary/aromatic N) is 2. The number of anilines is 3. The molecule has 4 rings (SSSR count). The fourth-order valence-electron chi connectivity index (χ4n) is 5.32. The number of halogens is 3. The maximum Gasteiger partial charge on any atom is 0.461 e. The third-order valence-electron chi connectivity index (χ3n) is 8.27. The lowest BCUT2D eigenvalue weighted by atomic mass is 9.86. The van der Waals surface area contributed by atoms with Gasteiger partial charge in [0.15, 0.2) is 0 Å². The Labute approximate surface area is 352 Å². The molecule has 0 aliphatic rings. The van der Waals surface area contributed by atoms with Crippen molar-refractivity contribution in [3.63, 3.8) is 0 Å². The highest BCUT2D eigenvalue weighted by Crippen LogP contribution is 2.35. The molecule has 1 aromatic heterocycles. The molecule has 4 N–H and O–H groups in total. The summed E-state index contributed by atoms with van der Waals surface area (Å²) < 4.78 is 80.7. The Morgan fingerprint density at radius 1 is 0.883 bits per heavy atom. The second-order valence-corrected chi connectivity index (χ2v) is 14.5. The number of aromatic nitrogens is 2. The van der Waals surface area contributed by atoms with Gasteiger partial charge < -0.3 is 53.8 Å². The molecule has 0 aliphatic heterocycles. The first-order valence-electron chi connectivity index (χ1n) is 18.7. The molecule has 2 amide bonds. The van der Waals surface area contributed by atoms with E-state index >= 15 is 0 Å². The number of fused-ring (bicyclic) bond motifs is 1. The van der Waals surface area contributed by atoms with E-state index in [9.17, 15) is 18.0 Å². The Kier molecular flexibility index (Phi) is 18.2. The van der Waals surface area contributed by atoms with E-state index in [1.165, 1.54) is 13.2 Å². The van der Waals surface area contributed by atoms with Crippen molar-refractivity contribution in [3.8, 4) is 23.1 Å². The van der Waals surface area contributed by atoms with Crippen LogP contribution in [0.2, 0.25) is 0 Å². The number of allylic oxidation sites excluding steroid dienone is 3. The molecule has 0 radical (unpaired) electrons. The van der Waals surface area contributed by atoms with E-state index in [-0.39, 0.29) is 29.8 Å². The lowest BCUT2D eigenvalue weighted by Crippen LogP contribution is -2.32. The van der Waals surface area contributed by atoms with Gasteiger partial charge in [0.05, 0.1) is 77.1 Å². The topological polar surface area (TPSA) is 156 Å². The summed E-state index contributed by atoms with van der Waals surface area (Å²) in [4.78, 5) is 22.1.